The first-order chi connectivity index (χ1) is 12.9. The van der Waals surface area contributed by atoms with Crippen LogP contribution in [-0.4, -0.2) is 27.8 Å². The first-order valence-corrected chi connectivity index (χ1v) is 9.28. The fourth-order valence-electron chi connectivity index (χ4n) is 3.20. The molecule has 1 aliphatic heterocycles. The van der Waals surface area contributed by atoms with Crippen LogP contribution in [0.3, 0.4) is 0 Å². The normalized spacial score (nSPS) is 14.4. The average molecular weight is 367 g/mol. The van der Waals surface area contributed by atoms with Crippen LogP contribution in [0.5, 0.6) is 0 Å². The monoisotopic (exact) mass is 367 g/mol. The maximum absolute atomic E-state index is 13.1. The molecule has 1 N–H and O–H groups in total. The molecule has 27 heavy (non-hydrogen) atoms. The number of carbonyl (C=O) groups excluding carboxylic acids is 2. The topological polar surface area (TPSA) is 71.4 Å². The number of hydrogen-bond donors (Lipinski definition) is 1. The zero-order chi connectivity index (χ0) is 19.6. The lowest BCUT2D eigenvalue weighted by Gasteiger charge is -2.29. The van der Waals surface area contributed by atoms with E-state index in [0.29, 0.717) is 30.8 Å². The molecule has 142 valence electrons. The van der Waals surface area contributed by atoms with Gasteiger partial charge < -0.3 is 14.8 Å². The van der Waals surface area contributed by atoms with Gasteiger partial charge in [0.2, 0.25) is 5.91 Å². The summed E-state index contributed by atoms with van der Waals surface area (Å²) in [7, 11) is 1.71. The van der Waals surface area contributed by atoms with Crippen molar-refractivity contribution in [1.82, 2.24) is 9.47 Å². The van der Waals surface area contributed by atoms with Crippen LogP contribution in [0.2, 0.25) is 0 Å². The number of anilines is 1. The Kier molecular flexibility index (Phi) is 5.44. The Balaban J connectivity index is 1.83. The molecule has 2 heterocycles. The molecule has 0 bridgehead atoms. The van der Waals surface area contributed by atoms with Crippen LogP contribution in [0.25, 0.3) is 0 Å². The van der Waals surface area contributed by atoms with Gasteiger partial charge in [0.05, 0.1) is 11.3 Å². The third-order valence-electron chi connectivity index (χ3n) is 5.18. The Morgan fingerprint density at radius 1 is 1.22 bits per heavy atom. The average Bonchev–Trinajstić information content (AvgIpc) is 2.67. The van der Waals surface area contributed by atoms with Gasteiger partial charge in [-0.25, -0.2) is 0 Å². The number of rotatable bonds is 4. The van der Waals surface area contributed by atoms with Gasteiger partial charge >= 0.3 is 0 Å². The minimum Gasteiger partial charge on any atom is -0.334 e. The van der Waals surface area contributed by atoms with Crippen LogP contribution in [-0.2, 0) is 24.8 Å². The molecule has 1 aromatic heterocycles. The molecule has 1 atom stereocenters. The van der Waals surface area contributed by atoms with E-state index in [0.717, 1.165) is 17.5 Å². The van der Waals surface area contributed by atoms with Crippen LogP contribution < -0.4 is 10.9 Å². The molecule has 3 rings (SSSR count). The second-order valence-corrected chi connectivity index (χ2v) is 7.09. The maximum atomic E-state index is 13.1. The van der Waals surface area contributed by atoms with Crippen molar-refractivity contribution < 1.29 is 9.59 Å². The summed E-state index contributed by atoms with van der Waals surface area (Å²) in [4.78, 5) is 38.9. The number of aromatic nitrogens is 1. The van der Waals surface area contributed by atoms with E-state index in [9.17, 15) is 14.4 Å². The molecule has 0 radical (unpaired) electrons. The van der Waals surface area contributed by atoms with Crippen molar-refractivity contribution in [3.8, 4) is 0 Å². The van der Waals surface area contributed by atoms with E-state index in [2.05, 4.69) is 5.32 Å². The Bertz CT molecular complexity index is 933. The van der Waals surface area contributed by atoms with E-state index in [1.807, 2.05) is 19.9 Å². The molecule has 2 amide bonds. The van der Waals surface area contributed by atoms with Gasteiger partial charge in [0.25, 0.3) is 11.5 Å². The third-order valence-corrected chi connectivity index (χ3v) is 5.18. The van der Waals surface area contributed by atoms with Gasteiger partial charge in [-0.3, -0.25) is 14.4 Å². The molecule has 0 fully saturated rings. The second kappa shape index (κ2) is 7.78. The van der Waals surface area contributed by atoms with Crippen molar-refractivity contribution in [3.05, 3.63) is 63.6 Å². The summed E-state index contributed by atoms with van der Waals surface area (Å²) >= 11 is 0. The van der Waals surface area contributed by atoms with Crippen LogP contribution in [0.15, 0.2) is 41.3 Å². The lowest BCUT2D eigenvalue weighted by molar-refractivity contribution is -0.119. The number of amides is 2. The predicted octanol–water partition coefficient (Wildman–Crippen LogP) is 2.57. The largest absolute Gasteiger partial charge is 0.334 e. The zero-order valence-corrected chi connectivity index (χ0v) is 16.0. The number of nitrogens with one attached hydrogen (secondary N) is 1. The van der Waals surface area contributed by atoms with Gasteiger partial charge in [-0.05, 0) is 36.1 Å². The highest BCUT2D eigenvalue weighted by molar-refractivity contribution is 6.04. The van der Waals surface area contributed by atoms with E-state index in [1.54, 1.807) is 42.4 Å². The van der Waals surface area contributed by atoms with Crippen LogP contribution in [0.1, 0.15) is 41.8 Å². The maximum Gasteiger partial charge on any atom is 0.256 e. The fourth-order valence-corrected chi connectivity index (χ4v) is 3.20. The number of fused-ring (bicyclic) bond motifs is 1. The lowest BCUT2D eigenvalue weighted by Crippen LogP contribution is -2.37. The van der Waals surface area contributed by atoms with Crippen molar-refractivity contribution in [2.75, 3.05) is 11.9 Å². The van der Waals surface area contributed by atoms with Crippen LogP contribution in [0.4, 0.5) is 5.69 Å². The SMILES string of the molecule is CCC(C)C(=O)Nc1ccccc1C(=O)N1CCc2cc(=O)n(C)cc2C1. The quantitative estimate of drug-likeness (QED) is 0.903. The van der Waals surface area contributed by atoms with Gasteiger partial charge in [0, 0.05) is 38.3 Å². The number of pyridine rings is 1. The molecule has 0 aliphatic carbocycles. The van der Waals surface area contributed by atoms with E-state index < -0.39 is 0 Å². The molecule has 0 saturated heterocycles. The number of nitrogens with zero attached hydrogens (tertiary/aromatic N) is 2. The van der Waals surface area contributed by atoms with E-state index >= 15 is 0 Å². The minimum absolute atomic E-state index is 0.0355. The summed E-state index contributed by atoms with van der Waals surface area (Å²) in [5.74, 6) is -0.317. The molecule has 1 aliphatic rings. The van der Waals surface area contributed by atoms with Crippen molar-refractivity contribution >= 4 is 17.5 Å². The first kappa shape index (κ1) is 18.9. The van der Waals surface area contributed by atoms with E-state index in [4.69, 9.17) is 0 Å². The highest BCUT2D eigenvalue weighted by Gasteiger charge is 2.25. The highest BCUT2D eigenvalue weighted by atomic mass is 16.2. The number of hydrogen-bond acceptors (Lipinski definition) is 3. The predicted molar refractivity (Wildman–Crippen MR) is 105 cm³/mol. The van der Waals surface area contributed by atoms with E-state index in [1.165, 1.54) is 4.57 Å². The number of aryl methyl sites for hydroxylation is 1. The van der Waals surface area contributed by atoms with Crippen molar-refractivity contribution in [2.45, 2.75) is 33.2 Å². The molecular weight excluding hydrogens is 342 g/mol. The van der Waals surface area contributed by atoms with Crippen LogP contribution >= 0.6 is 0 Å². The fraction of sp³-hybridized carbons (Fsp3) is 0.381. The summed E-state index contributed by atoms with van der Waals surface area (Å²) in [5.41, 5.74) is 2.98. The lowest BCUT2D eigenvalue weighted by atomic mass is 10.0. The Labute approximate surface area is 158 Å². The zero-order valence-electron chi connectivity index (χ0n) is 16.0. The van der Waals surface area contributed by atoms with Crippen molar-refractivity contribution in [2.24, 2.45) is 13.0 Å². The van der Waals surface area contributed by atoms with Crippen LogP contribution in [0, 0.1) is 5.92 Å². The molecule has 6 nitrogen and oxygen atoms in total. The second-order valence-electron chi connectivity index (χ2n) is 7.09. The van der Waals surface area contributed by atoms with Gasteiger partial charge in [0.1, 0.15) is 0 Å². The summed E-state index contributed by atoms with van der Waals surface area (Å²) in [6.45, 7) is 4.83. The molecule has 6 heteroatoms. The van der Waals surface area contributed by atoms with Gasteiger partial charge in [-0.15, -0.1) is 0 Å². The highest BCUT2D eigenvalue weighted by Crippen LogP contribution is 2.23. The standard InChI is InChI=1S/C21H25N3O3/c1-4-14(2)20(26)22-18-8-6-5-7-17(18)21(27)24-10-9-15-11-19(25)23(3)12-16(15)13-24/h5-8,11-12,14H,4,9-10,13H2,1-3H3,(H,22,26). The molecule has 1 unspecified atom stereocenters. The van der Waals surface area contributed by atoms with Gasteiger partial charge in [-0.2, -0.15) is 0 Å². The Hall–Kier alpha value is -2.89. The first-order valence-electron chi connectivity index (χ1n) is 9.28. The van der Waals surface area contributed by atoms with E-state index in [-0.39, 0.29) is 23.3 Å². The number of benzene rings is 1. The Morgan fingerprint density at radius 3 is 2.70 bits per heavy atom. The van der Waals surface area contributed by atoms with Gasteiger partial charge in [0.15, 0.2) is 0 Å². The smallest absolute Gasteiger partial charge is 0.256 e. The van der Waals surface area contributed by atoms with Gasteiger partial charge in [-0.1, -0.05) is 26.0 Å². The van der Waals surface area contributed by atoms with Crippen molar-refractivity contribution in [1.29, 1.82) is 0 Å². The molecular formula is C21H25N3O3. The molecule has 0 spiro atoms. The minimum atomic E-state index is -0.116. The molecule has 1 aromatic carbocycles. The summed E-state index contributed by atoms with van der Waals surface area (Å²) in [5, 5.41) is 2.89. The van der Waals surface area contributed by atoms with Crippen molar-refractivity contribution in [3.63, 3.8) is 0 Å². The summed E-state index contributed by atoms with van der Waals surface area (Å²) < 4.78 is 1.53. The molecule has 0 saturated carbocycles. The Morgan fingerprint density at radius 2 is 1.96 bits per heavy atom. The number of para-hydroxylation sites is 1. The number of carbonyl (C=O) groups is 2. The molecule has 2 aromatic rings. The summed E-state index contributed by atoms with van der Waals surface area (Å²) in [6, 6.07) is 8.76. The summed E-state index contributed by atoms with van der Waals surface area (Å²) in [6.07, 6.45) is 3.19. The third kappa shape index (κ3) is 3.94.